The Morgan fingerprint density at radius 3 is 2.24 bits per heavy atom. The monoisotopic (exact) mass is 249 g/mol. The number of carboxylic acids is 1. The Bertz CT molecular complexity index is 389. The quantitative estimate of drug-likeness (QED) is 0.852. The number of hydrogen-bond donors (Lipinski definition) is 2. The molecule has 0 heterocycles. The van der Waals surface area contributed by atoms with Crippen molar-refractivity contribution in [3.63, 3.8) is 0 Å². The van der Waals surface area contributed by atoms with Crippen LogP contribution in [0.25, 0.3) is 0 Å². The zero-order valence-electron chi connectivity index (χ0n) is 8.57. The Balaban J connectivity index is 2.84. The fourth-order valence-corrected chi connectivity index (χ4v) is 1.28. The van der Waals surface area contributed by atoms with Gasteiger partial charge in [-0.1, -0.05) is 12.1 Å². The molecule has 0 saturated carbocycles. The number of halogens is 3. The summed E-state index contributed by atoms with van der Waals surface area (Å²) in [5.74, 6) is -2.46. The van der Waals surface area contributed by atoms with Gasteiger partial charge >= 0.3 is 12.3 Å². The van der Waals surface area contributed by atoms with Gasteiger partial charge in [-0.15, -0.1) is 13.2 Å². The van der Waals surface area contributed by atoms with Crippen molar-refractivity contribution in [3.8, 4) is 5.75 Å². The molecule has 1 aromatic rings. The van der Waals surface area contributed by atoms with Crippen molar-refractivity contribution in [3.05, 3.63) is 29.8 Å². The van der Waals surface area contributed by atoms with Crippen molar-refractivity contribution in [1.82, 2.24) is 0 Å². The molecule has 0 aliphatic rings. The van der Waals surface area contributed by atoms with Crippen LogP contribution in [0.4, 0.5) is 13.2 Å². The number of carboxylic acid groups (broad SMARTS) is 1. The van der Waals surface area contributed by atoms with Crippen molar-refractivity contribution in [2.75, 3.05) is 6.54 Å². The van der Waals surface area contributed by atoms with Crippen LogP contribution in [0.3, 0.4) is 0 Å². The molecular weight excluding hydrogens is 239 g/mol. The molecule has 0 radical (unpaired) electrons. The van der Waals surface area contributed by atoms with E-state index in [1.54, 1.807) is 0 Å². The molecule has 0 aromatic heterocycles. The first-order chi connectivity index (χ1) is 7.83. The lowest BCUT2D eigenvalue weighted by atomic mass is 9.99. The van der Waals surface area contributed by atoms with Gasteiger partial charge in [-0.25, -0.2) is 0 Å². The summed E-state index contributed by atoms with van der Waals surface area (Å²) in [6, 6.07) is 4.59. The van der Waals surface area contributed by atoms with Gasteiger partial charge in [-0.3, -0.25) is 4.79 Å². The van der Waals surface area contributed by atoms with E-state index in [9.17, 15) is 18.0 Å². The van der Waals surface area contributed by atoms with Gasteiger partial charge in [0, 0.05) is 6.54 Å². The lowest BCUT2D eigenvalue weighted by Gasteiger charge is -2.12. The maximum absolute atomic E-state index is 11.9. The molecule has 17 heavy (non-hydrogen) atoms. The maximum Gasteiger partial charge on any atom is 0.573 e. The summed E-state index contributed by atoms with van der Waals surface area (Å²) >= 11 is 0. The van der Waals surface area contributed by atoms with E-state index in [2.05, 4.69) is 4.74 Å². The van der Waals surface area contributed by atoms with E-state index in [0.29, 0.717) is 5.56 Å². The summed E-state index contributed by atoms with van der Waals surface area (Å²) in [5, 5.41) is 8.79. The zero-order chi connectivity index (χ0) is 13.1. The van der Waals surface area contributed by atoms with Gasteiger partial charge in [0.15, 0.2) is 0 Å². The third kappa shape index (κ3) is 3.95. The maximum atomic E-state index is 11.9. The second-order valence-electron chi connectivity index (χ2n) is 3.24. The molecule has 0 saturated heterocycles. The molecule has 4 nitrogen and oxygen atoms in total. The normalized spacial score (nSPS) is 13.2. The van der Waals surface area contributed by atoms with Crippen LogP contribution in [0.1, 0.15) is 11.5 Å². The summed E-state index contributed by atoms with van der Waals surface area (Å²) in [6.07, 6.45) is -4.76. The van der Waals surface area contributed by atoms with E-state index in [-0.39, 0.29) is 6.54 Å². The number of benzene rings is 1. The Hall–Kier alpha value is -1.76. The van der Waals surface area contributed by atoms with Gasteiger partial charge < -0.3 is 15.6 Å². The van der Waals surface area contributed by atoms with Crippen LogP contribution in [-0.2, 0) is 4.79 Å². The summed E-state index contributed by atoms with van der Waals surface area (Å²) in [5.41, 5.74) is 5.58. The largest absolute Gasteiger partial charge is 0.573 e. The molecule has 3 N–H and O–H groups in total. The Morgan fingerprint density at radius 1 is 1.35 bits per heavy atom. The van der Waals surface area contributed by atoms with Crippen molar-refractivity contribution < 1.29 is 27.8 Å². The molecule has 1 rings (SSSR count). The average Bonchev–Trinajstić information content (AvgIpc) is 2.18. The van der Waals surface area contributed by atoms with Gasteiger partial charge in [-0.05, 0) is 17.7 Å². The molecule has 1 aromatic carbocycles. The Kier molecular flexibility index (Phi) is 3.95. The minimum absolute atomic E-state index is 0.130. The molecule has 0 spiro atoms. The molecule has 94 valence electrons. The van der Waals surface area contributed by atoms with Crippen LogP contribution in [0.2, 0.25) is 0 Å². The summed E-state index contributed by atoms with van der Waals surface area (Å²) < 4.78 is 39.2. The number of nitrogens with two attached hydrogens (primary N) is 1. The minimum atomic E-state index is -4.76. The SMILES string of the molecule is NCC(C(=O)O)c1ccc(OC(F)(F)F)cc1. The predicted molar refractivity (Wildman–Crippen MR) is 52.6 cm³/mol. The van der Waals surface area contributed by atoms with Gasteiger partial charge in [0.2, 0.25) is 0 Å². The average molecular weight is 249 g/mol. The van der Waals surface area contributed by atoms with Crippen LogP contribution in [0.5, 0.6) is 5.75 Å². The van der Waals surface area contributed by atoms with E-state index < -0.39 is 24.0 Å². The van der Waals surface area contributed by atoms with Gasteiger partial charge in [-0.2, -0.15) is 0 Å². The standard InChI is InChI=1S/C10H10F3NO3/c11-10(12,13)17-7-3-1-6(2-4-7)8(5-14)9(15)16/h1-4,8H,5,14H2,(H,15,16). The van der Waals surface area contributed by atoms with E-state index in [1.807, 2.05) is 0 Å². The van der Waals surface area contributed by atoms with Crippen LogP contribution in [-0.4, -0.2) is 24.0 Å². The Labute approximate surface area is 94.8 Å². The molecule has 1 unspecified atom stereocenters. The van der Waals surface area contributed by atoms with E-state index in [4.69, 9.17) is 10.8 Å². The molecule has 0 aliphatic carbocycles. The summed E-state index contributed by atoms with van der Waals surface area (Å²) in [7, 11) is 0. The highest BCUT2D eigenvalue weighted by Crippen LogP contribution is 2.24. The van der Waals surface area contributed by atoms with Crippen LogP contribution in [0.15, 0.2) is 24.3 Å². The highest BCUT2D eigenvalue weighted by molar-refractivity contribution is 5.76. The van der Waals surface area contributed by atoms with Crippen LogP contribution < -0.4 is 10.5 Å². The molecule has 7 heteroatoms. The lowest BCUT2D eigenvalue weighted by Crippen LogP contribution is -2.21. The van der Waals surface area contributed by atoms with Crippen LogP contribution in [0, 0.1) is 0 Å². The second kappa shape index (κ2) is 5.05. The highest BCUT2D eigenvalue weighted by atomic mass is 19.4. The second-order valence-corrected chi connectivity index (χ2v) is 3.24. The number of hydrogen-bond acceptors (Lipinski definition) is 3. The first kappa shape index (κ1) is 13.3. The fourth-order valence-electron chi connectivity index (χ4n) is 1.28. The third-order valence-corrected chi connectivity index (χ3v) is 2.05. The number of ether oxygens (including phenoxy) is 1. The first-order valence-corrected chi connectivity index (χ1v) is 4.62. The molecule has 0 aliphatic heterocycles. The fraction of sp³-hybridized carbons (Fsp3) is 0.300. The highest BCUT2D eigenvalue weighted by Gasteiger charge is 2.31. The van der Waals surface area contributed by atoms with Gasteiger partial charge in [0.05, 0.1) is 5.92 Å². The molecule has 0 fully saturated rings. The number of rotatable bonds is 4. The van der Waals surface area contributed by atoms with Crippen molar-refractivity contribution in [1.29, 1.82) is 0 Å². The minimum Gasteiger partial charge on any atom is -0.481 e. The summed E-state index contributed by atoms with van der Waals surface area (Å²) in [6.45, 7) is -0.130. The van der Waals surface area contributed by atoms with E-state index in [0.717, 1.165) is 12.1 Å². The van der Waals surface area contributed by atoms with Crippen LogP contribution >= 0.6 is 0 Å². The van der Waals surface area contributed by atoms with Crippen molar-refractivity contribution in [2.45, 2.75) is 12.3 Å². The number of alkyl halides is 3. The van der Waals surface area contributed by atoms with E-state index >= 15 is 0 Å². The Morgan fingerprint density at radius 2 is 1.88 bits per heavy atom. The van der Waals surface area contributed by atoms with Gasteiger partial charge in [0.1, 0.15) is 5.75 Å². The molecular formula is C10H10F3NO3. The van der Waals surface area contributed by atoms with Gasteiger partial charge in [0.25, 0.3) is 0 Å². The van der Waals surface area contributed by atoms with Crippen molar-refractivity contribution in [2.24, 2.45) is 5.73 Å². The third-order valence-electron chi connectivity index (χ3n) is 2.05. The van der Waals surface area contributed by atoms with E-state index in [1.165, 1.54) is 12.1 Å². The first-order valence-electron chi connectivity index (χ1n) is 4.62. The predicted octanol–water partition coefficient (Wildman–Crippen LogP) is 1.71. The summed E-state index contributed by atoms with van der Waals surface area (Å²) in [4.78, 5) is 10.8. The number of aliphatic carboxylic acids is 1. The molecule has 1 atom stereocenters. The van der Waals surface area contributed by atoms with Crippen molar-refractivity contribution >= 4 is 5.97 Å². The zero-order valence-corrected chi connectivity index (χ0v) is 8.57. The topological polar surface area (TPSA) is 72.6 Å². The number of carbonyl (C=O) groups is 1. The smallest absolute Gasteiger partial charge is 0.481 e. The lowest BCUT2D eigenvalue weighted by molar-refractivity contribution is -0.274. The molecule has 0 amide bonds. The molecule has 0 bridgehead atoms.